The molecule has 2 aliphatic rings. The minimum atomic E-state index is -3.55. The summed E-state index contributed by atoms with van der Waals surface area (Å²) in [5.74, 6) is -0.416. The number of allylic oxidation sites excluding steroid dienone is 2. The Labute approximate surface area is 142 Å². The Hall–Kier alpha value is -1.69. The van der Waals surface area contributed by atoms with Gasteiger partial charge in [-0.1, -0.05) is 12.2 Å². The lowest BCUT2D eigenvalue weighted by atomic mass is 9.92. The summed E-state index contributed by atoms with van der Waals surface area (Å²) in [6, 6.07) is 4.93. The molecule has 1 fully saturated rings. The number of rotatable bonds is 3. The molecule has 24 heavy (non-hydrogen) atoms. The molecule has 0 N–H and O–H groups in total. The van der Waals surface area contributed by atoms with E-state index >= 15 is 0 Å². The van der Waals surface area contributed by atoms with E-state index in [0.717, 1.165) is 31.4 Å². The second-order valence-electron chi connectivity index (χ2n) is 6.53. The number of piperidine rings is 1. The Morgan fingerprint density at radius 1 is 1.12 bits per heavy atom. The smallest absolute Gasteiger partial charge is 0.226 e. The van der Waals surface area contributed by atoms with Crippen molar-refractivity contribution in [2.45, 2.75) is 42.2 Å². The van der Waals surface area contributed by atoms with Crippen LogP contribution in [-0.2, 0) is 14.6 Å². The van der Waals surface area contributed by atoms with Crippen molar-refractivity contribution >= 4 is 15.7 Å². The maximum atomic E-state index is 13.0. The zero-order valence-corrected chi connectivity index (χ0v) is 14.3. The molecule has 6 heteroatoms. The summed E-state index contributed by atoms with van der Waals surface area (Å²) >= 11 is 0. The van der Waals surface area contributed by atoms with E-state index < -0.39 is 20.9 Å². The largest absolute Gasteiger partial charge is 0.341 e. The number of nitrogens with zero attached hydrogens (tertiary/aromatic N) is 1. The Morgan fingerprint density at radius 3 is 2.54 bits per heavy atom. The molecule has 1 aromatic rings. The second kappa shape index (κ2) is 7.05. The van der Waals surface area contributed by atoms with Crippen LogP contribution in [0.4, 0.5) is 4.39 Å². The van der Waals surface area contributed by atoms with Gasteiger partial charge in [-0.05, 0) is 56.4 Å². The highest BCUT2D eigenvalue weighted by atomic mass is 32.2. The van der Waals surface area contributed by atoms with Crippen LogP contribution in [0.15, 0.2) is 41.3 Å². The molecule has 0 aromatic heterocycles. The molecular weight excluding hydrogens is 329 g/mol. The number of benzene rings is 1. The van der Waals surface area contributed by atoms with Crippen LogP contribution in [0.5, 0.6) is 0 Å². The summed E-state index contributed by atoms with van der Waals surface area (Å²) in [5.41, 5.74) is 0. The van der Waals surface area contributed by atoms with Crippen LogP contribution in [0, 0.1) is 11.7 Å². The van der Waals surface area contributed by atoms with Crippen LogP contribution in [-0.4, -0.2) is 37.6 Å². The van der Waals surface area contributed by atoms with E-state index in [4.69, 9.17) is 0 Å². The molecule has 3 rings (SSSR count). The minimum absolute atomic E-state index is 0.0257. The highest BCUT2D eigenvalue weighted by Gasteiger charge is 2.35. The molecule has 1 heterocycles. The number of hydrogen-bond donors (Lipinski definition) is 0. The molecule has 1 aliphatic heterocycles. The molecule has 0 unspecified atom stereocenters. The molecule has 0 radical (unpaired) electrons. The number of carbonyl (C=O) groups is 1. The number of amides is 1. The monoisotopic (exact) mass is 351 g/mol. The van der Waals surface area contributed by atoms with Gasteiger partial charge in [0, 0.05) is 19.0 Å². The maximum absolute atomic E-state index is 13.0. The Bertz CT molecular complexity index is 727. The van der Waals surface area contributed by atoms with Gasteiger partial charge in [0.15, 0.2) is 9.84 Å². The van der Waals surface area contributed by atoms with Crippen molar-refractivity contribution in [1.82, 2.24) is 4.90 Å². The van der Waals surface area contributed by atoms with Gasteiger partial charge in [-0.25, -0.2) is 12.8 Å². The van der Waals surface area contributed by atoms with E-state index in [1.54, 1.807) is 4.90 Å². The van der Waals surface area contributed by atoms with E-state index in [2.05, 4.69) is 6.08 Å². The van der Waals surface area contributed by atoms with Gasteiger partial charge in [-0.2, -0.15) is 0 Å². The van der Waals surface area contributed by atoms with E-state index in [0.29, 0.717) is 19.4 Å². The number of carbonyl (C=O) groups excluding carboxylic acids is 1. The molecule has 2 atom stereocenters. The van der Waals surface area contributed by atoms with Crippen LogP contribution in [0.2, 0.25) is 0 Å². The molecule has 1 aromatic carbocycles. The van der Waals surface area contributed by atoms with Gasteiger partial charge >= 0.3 is 0 Å². The van der Waals surface area contributed by atoms with Crippen molar-refractivity contribution in [3.8, 4) is 0 Å². The minimum Gasteiger partial charge on any atom is -0.341 e. The molecule has 0 bridgehead atoms. The summed E-state index contributed by atoms with van der Waals surface area (Å²) in [7, 11) is -3.55. The fraction of sp³-hybridized carbons (Fsp3) is 0.500. The van der Waals surface area contributed by atoms with Crippen molar-refractivity contribution in [3.63, 3.8) is 0 Å². The molecule has 4 nitrogen and oxygen atoms in total. The molecule has 0 saturated carbocycles. The van der Waals surface area contributed by atoms with Crippen molar-refractivity contribution in [2.75, 3.05) is 13.1 Å². The Balaban J connectivity index is 1.74. The first kappa shape index (κ1) is 17.1. The second-order valence-corrected chi connectivity index (χ2v) is 8.76. The standard InChI is InChI=1S/C18H22FNO3S/c19-15-8-10-16(11-9-15)24(22,23)17-7-4-12-20(13-17)18(21)14-5-2-1-3-6-14/h1-2,8-11,14,17H,3-7,12-13H2/t14-,17-/m1/s1. The molecule has 0 spiro atoms. The van der Waals surface area contributed by atoms with Crippen LogP contribution in [0.3, 0.4) is 0 Å². The van der Waals surface area contributed by atoms with Crippen LogP contribution < -0.4 is 0 Å². The lowest BCUT2D eigenvalue weighted by Crippen LogP contribution is -2.47. The molecule has 130 valence electrons. The first-order chi connectivity index (χ1) is 11.5. The number of likely N-dealkylation sites (tertiary alicyclic amines) is 1. The van der Waals surface area contributed by atoms with Crippen LogP contribution >= 0.6 is 0 Å². The summed E-state index contributed by atoms with van der Waals surface area (Å²) in [5, 5.41) is -0.611. The molecule has 1 amide bonds. The van der Waals surface area contributed by atoms with Crippen molar-refractivity contribution < 1.29 is 17.6 Å². The average molecular weight is 351 g/mol. The molecule has 1 saturated heterocycles. The summed E-state index contributed by atoms with van der Waals surface area (Å²) in [4.78, 5) is 14.5. The topological polar surface area (TPSA) is 54.5 Å². The van der Waals surface area contributed by atoms with E-state index in [-0.39, 0.29) is 23.3 Å². The molecule has 1 aliphatic carbocycles. The quantitative estimate of drug-likeness (QED) is 0.621. The zero-order valence-electron chi connectivity index (χ0n) is 13.5. The van der Waals surface area contributed by atoms with E-state index in [1.165, 1.54) is 12.1 Å². The fourth-order valence-electron chi connectivity index (χ4n) is 3.48. The summed E-state index contributed by atoms with van der Waals surface area (Å²) < 4.78 is 38.6. The predicted octanol–water partition coefficient (Wildman–Crippen LogP) is 2.95. The predicted molar refractivity (Wildman–Crippen MR) is 89.7 cm³/mol. The van der Waals surface area contributed by atoms with Crippen molar-refractivity contribution in [2.24, 2.45) is 5.92 Å². The SMILES string of the molecule is O=C([C@@H]1CC=CCC1)N1CCC[C@@H](S(=O)(=O)c2ccc(F)cc2)C1. The van der Waals surface area contributed by atoms with Gasteiger partial charge in [0.05, 0.1) is 10.1 Å². The number of halogens is 1. The summed E-state index contributed by atoms with van der Waals surface area (Å²) in [6.45, 7) is 0.854. The third kappa shape index (κ3) is 3.53. The number of sulfone groups is 1. The molecular formula is C18H22FNO3S. The van der Waals surface area contributed by atoms with Gasteiger partial charge in [-0.3, -0.25) is 4.79 Å². The normalized spacial score (nSPS) is 24.8. The van der Waals surface area contributed by atoms with E-state index in [9.17, 15) is 17.6 Å². The van der Waals surface area contributed by atoms with E-state index in [1.807, 2.05) is 6.08 Å². The maximum Gasteiger partial charge on any atom is 0.226 e. The van der Waals surface area contributed by atoms with Crippen molar-refractivity contribution in [3.05, 3.63) is 42.2 Å². The van der Waals surface area contributed by atoms with Crippen LogP contribution in [0.25, 0.3) is 0 Å². The Kier molecular flexibility index (Phi) is 5.04. The average Bonchev–Trinajstić information content (AvgIpc) is 2.62. The van der Waals surface area contributed by atoms with Gasteiger partial charge in [0.25, 0.3) is 0 Å². The highest BCUT2D eigenvalue weighted by molar-refractivity contribution is 7.92. The number of hydrogen-bond acceptors (Lipinski definition) is 3. The highest BCUT2D eigenvalue weighted by Crippen LogP contribution is 2.27. The van der Waals surface area contributed by atoms with Gasteiger partial charge in [-0.15, -0.1) is 0 Å². The first-order valence-corrected chi connectivity index (χ1v) is 9.96. The zero-order chi connectivity index (χ0) is 17.2. The third-order valence-corrected chi connectivity index (χ3v) is 7.08. The van der Waals surface area contributed by atoms with Gasteiger partial charge < -0.3 is 4.90 Å². The van der Waals surface area contributed by atoms with Gasteiger partial charge in [0.1, 0.15) is 5.82 Å². The van der Waals surface area contributed by atoms with Crippen LogP contribution in [0.1, 0.15) is 32.1 Å². The summed E-state index contributed by atoms with van der Waals surface area (Å²) in [6.07, 6.45) is 7.81. The third-order valence-electron chi connectivity index (χ3n) is 4.89. The first-order valence-electron chi connectivity index (χ1n) is 8.42. The lowest BCUT2D eigenvalue weighted by Gasteiger charge is -2.35. The lowest BCUT2D eigenvalue weighted by molar-refractivity contribution is -0.136. The van der Waals surface area contributed by atoms with Gasteiger partial charge in [0.2, 0.25) is 5.91 Å². The Morgan fingerprint density at radius 2 is 1.88 bits per heavy atom. The van der Waals surface area contributed by atoms with Crippen molar-refractivity contribution in [1.29, 1.82) is 0 Å². The fourth-order valence-corrected chi connectivity index (χ4v) is 5.24.